The molecule has 0 fully saturated rings. The van der Waals surface area contributed by atoms with Crippen molar-refractivity contribution in [1.82, 2.24) is 0 Å². The zero-order valence-electron chi connectivity index (χ0n) is 12.7. The summed E-state index contributed by atoms with van der Waals surface area (Å²) < 4.78 is 9.68. The molecular formula is C15H21NO5. The topological polar surface area (TPSA) is 84.9 Å². The predicted octanol–water partition coefficient (Wildman–Crippen LogP) is 2.84. The summed E-state index contributed by atoms with van der Waals surface area (Å²) in [6.45, 7) is 5.25. The number of ether oxygens (including phenoxy) is 2. The fraction of sp³-hybridized carbons (Fsp3) is 0.467. The van der Waals surface area contributed by atoms with E-state index < -0.39 is 11.7 Å². The molecule has 1 rings (SSSR count). The molecule has 0 aliphatic carbocycles. The van der Waals surface area contributed by atoms with E-state index in [1.165, 1.54) is 13.2 Å². The molecule has 0 aliphatic heterocycles. The molecule has 0 unspecified atom stereocenters. The molecule has 1 aromatic carbocycles. The van der Waals surface area contributed by atoms with E-state index in [1.54, 1.807) is 32.9 Å². The lowest BCUT2D eigenvalue weighted by molar-refractivity contribution is -0.140. The molecular weight excluding hydrogens is 274 g/mol. The predicted molar refractivity (Wildman–Crippen MR) is 78.3 cm³/mol. The summed E-state index contributed by atoms with van der Waals surface area (Å²) in [4.78, 5) is 22.8. The number of hydrogen-bond donors (Lipinski definition) is 2. The Kier molecular flexibility index (Phi) is 5.58. The Morgan fingerprint density at radius 3 is 2.52 bits per heavy atom. The van der Waals surface area contributed by atoms with Crippen molar-refractivity contribution in [1.29, 1.82) is 0 Å². The van der Waals surface area contributed by atoms with Gasteiger partial charge in [0.1, 0.15) is 11.4 Å². The van der Waals surface area contributed by atoms with Gasteiger partial charge in [0.25, 0.3) is 0 Å². The van der Waals surface area contributed by atoms with E-state index in [0.29, 0.717) is 6.42 Å². The van der Waals surface area contributed by atoms with Crippen molar-refractivity contribution in [2.45, 2.75) is 39.2 Å². The molecule has 6 nitrogen and oxygen atoms in total. The summed E-state index contributed by atoms with van der Waals surface area (Å²) in [7, 11) is 1.33. The Bertz CT molecular complexity index is 519. The SMILES string of the molecule is COC(=O)CCc1ccc(O)c(NC(=O)OC(C)(C)C)c1. The highest BCUT2D eigenvalue weighted by molar-refractivity contribution is 5.87. The number of rotatable bonds is 4. The molecule has 2 N–H and O–H groups in total. The molecule has 1 aromatic rings. The van der Waals surface area contributed by atoms with Gasteiger partial charge in [0.05, 0.1) is 12.8 Å². The van der Waals surface area contributed by atoms with Crippen LogP contribution in [0.25, 0.3) is 0 Å². The highest BCUT2D eigenvalue weighted by Gasteiger charge is 2.17. The molecule has 6 heteroatoms. The van der Waals surface area contributed by atoms with Crippen molar-refractivity contribution in [3.05, 3.63) is 23.8 Å². The molecule has 0 aliphatic rings. The number of phenolic OH excluding ortho intramolecular Hbond substituents is 1. The number of aryl methyl sites for hydroxylation is 1. The van der Waals surface area contributed by atoms with Gasteiger partial charge in [-0.2, -0.15) is 0 Å². The van der Waals surface area contributed by atoms with Crippen LogP contribution < -0.4 is 5.32 Å². The molecule has 0 saturated heterocycles. The maximum atomic E-state index is 11.7. The van der Waals surface area contributed by atoms with Gasteiger partial charge in [-0.05, 0) is 44.9 Å². The lowest BCUT2D eigenvalue weighted by Crippen LogP contribution is -2.27. The average Bonchev–Trinajstić information content (AvgIpc) is 2.37. The molecule has 21 heavy (non-hydrogen) atoms. The normalized spacial score (nSPS) is 10.9. The lowest BCUT2D eigenvalue weighted by Gasteiger charge is -2.20. The summed E-state index contributed by atoms with van der Waals surface area (Å²) in [5.74, 6) is -0.382. The van der Waals surface area contributed by atoms with Crippen molar-refractivity contribution in [3.8, 4) is 5.75 Å². The minimum atomic E-state index is -0.650. The second-order valence-corrected chi connectivity index (χ2v) is 5.55. The smallest absolute Gasteiger partial charge is 0.412 e. The molecule has 0 aromatic heterocycles. The standard InChI is InChI=1S/C15H21NO5/c1-15(2,3)21-14(19)16-11-9-10(5-7-12(11)17)6-8-13(18)20-4/h5,7,9,17H,6,8H2,1-4H3,(H,16,19). The number of aromatic hydroxyl groups is 1. The van der Waals surface area contributed by atoms with Crippen LogP contribution in [-0.4, -0.2) is 29.9 Å². The summed E-state index contributed by atoms with van der Waals surface area (Å²) in [5, 5.41) is 12.2. The maximum Gasteiger partial charge on any atom is 0.412 e. The first-order valence-corrected chi connectivity index (χ1v) is 6.60. The van der Waals surface area contributed by atoms with Gasteiger partial charge < -0.3 is 14.6 Å². The number of anilines is 1. The molecule has 0 bridgehead atoms. The third-order valence-corrected chi connectivity index (χ3v) is 2.54. The van der Waals surface area contributed by atoms with Crippen LogP contribution in [0.1, 0.15) is 32.8 Å². The third-order valence-electron chi connectivity index (χ3n) is 2.54. The molecule has 0 radical (unpaired) electrons. The van der Waals surface area contributed by atoms with Crippen LogP contribution in [0.2, 0.25) is 0 Å². The monoisotopic (exact) mass is 295 g/mol. The minimum Gasteiger partial charge on any atom is -0.506 e. The fourth-order valence-corrected chi connectivity index (χ4v) is 1.60. The van der Waals surface area contributed by atoms with Crippen molar-refractivity contribution in [2.75, 3.05) is 12.4 Å². The highest BCUT2D eigenvalue weighted by atomic mass is 16.6. The van der Waals surface area contributed by atoms with Crippen LogP contribution in [0.5, 0.6) is 5.75 Å². The summed E-state index contributed by atoms with van der Waals surface area (Å²) in [6, 6.07) is 4.74. The summed E-state index contributed by atoms with van der Waals surface area (Å²) in [6.07, 6.45) is 0.0336. The summed E-state index contributed by atoms with van der Waals surface area (Å²) in [5.41, 5.74) is 0.415. The zero-order valence-corrected chi connectivity index (χ0v) is 12.7. The molecule has 0 atom stereocenters. The third kappa shape index (κ3) is 6.16. The Labute approximate surface area is 124 Å². The first kappa shape index (κ1) is 16.8. The molecule has 0 heterocycles. The number of hydrogen-bond acceptors (Lipinski definition) is 5. The fourth-order valence-electron chi connectivity index (χ4n) is 1.60. The van der Waals surface area contributed by atoms with Gasteiger partial charge in [0.15, 0.2) is 0 Å². The van der Waals surface area contributed by atoms with E-state index in [9.17, 15) is 14.7 Å². The van der Waals surface area contributed by atoms with Gasteiger partial charge >= 0.3 is 12.1 Å². The van der Waals surface area contributed by atoms with E-state index in [2.05, 4.69) is 10.1 Å². The van der Waals surface area contributed by atoms with Gasteiger partial charge in [-0.25, -0.2) is 4.79 Å². The number of nitrogens with one attached hydrogen (secondary N) is 1. The number of carbonyl (C=O) groups excluding carboxylic acids is 2. The second-order valence-electron chi connectivity index (χ2n) is 5.55. The van der Waals surface area contributed by atoms with E-state index in [-0.39, 0.29) is 23.8 Å². The molecule has 1 amide bonds. The Morgan fingerprint density at radius 2 is 1.95 bits per heavy atom. The van der Waals surface area contributed by atoms with Crippen LogP contribution in [0.4, 0.5) is 10.5 Å². The van der Waals surface area contributed by atoms with Gasteiger partial charge in [0, 0.05) is 6.42 Å². The molecule has 116 valence electrons. The largest absolute Gasteiger partial charge is 0.506 e. The number of benzene rings is 1. The Hall–Kier alpha value is -2.24. The van der Waals surface area contributed by atoms with E-state index in [1.807, 2.05) is 0 Å². The van der Waals surface area contributed by atoms with Crippen molar-refractivity contribution in [2.24, 2.45) is 0 Å². The quantitative estimate of drug-likeness (QED) is 0.659. The van der Waals surface area contributed by atoms with Gasteiger partial charge in [-0.1, -0.05) is 6.07 Å². The van der Waals surface area contributed by atoms with Crippen LogP contribution in [-0.2, 0) is 20.7 Å². The average molecular weight is 295 g/mol. The van der Waals surface area contributed by atoms with Gasteiger partial charge in [-0.3, -0.25) is 10.1 Å². The Morgan fingerprint density at radius 1 is 1.29 bits per heavy atom. The van der Waals surface area contributed by atoms with Crippen molar-refractivity contribution >= 4 is 17.7 Å². The number of esters is 1. The van der Waals surface area contributed by atoms with Crippen LogP contribution in [0, 0.1) is 0 Å². The van der Waals surface area contributed by atoms with E-state index >= 15 is 0 Å². The first-order valence-electron chi connectivity index (χ1n) is 6.60. The van der Waals surface area contributed by atoms with Crippen LogP contribution >= 0.6 is 0 Å². The number of amides is 1. The van der Waals surface area contributed by atoms with Crippen molar-refractivity contribution < 1.29 is 24.2 Å². The lowest BCUT2D eigenvalue weighted by atomic mass is 10.1. The molecule has 0 saturated carbocycles. The number of carbonyl (C=O) groups is 2. The maximum absolute atomic E-state index is 11.7. The summed E-state index contributed by atoms with van der Waals surface area (Å²) >= 11 is 0. The van der Waals surface area contributed by atoms with Crippen molar-refractivity contribution in [3.63, 3.8) is 0 Å². The Balaban J connectivity index is 2.73. The minimum absolute atomic E-state index is 0.0670. The van der Waals surface area contributed by atoms with E-state index in [0.717, 1.165) is 5.56 Å². The number of phenols is 1. The first-order chi connectivity index (χ1) is 9.71. The number of methoxy groups -OCH3 is 1. The second kappa shape index (κ2) is 6.97. The van der Waals surface area contributed by atoms with Crippen LogP contribution in [0.15, 0.2) is 18.2 Å². The van der Waals surface area contributed by atoms with Gasteiger partial charge in [0.2, 0.25) is 0 Å². The zero-order chi connectivity index (χ0) is 16.0. The highest BCUT2D eigenvalue weighted by Crippen LogP contribution is 2.25. The van der Waals surface area contributed by atoms with Crippen LogP contribution in [0.3, 0.4) is 0 Å². The van der Waals surface area contributed by atoms with E-state index in [4.69, 9.17) is 4.74 Å². The van der Waals surface area contributed by atoms with Gasteiger partial charge in [-0.15, -0.1) is 0 Å². The molecule has 0 spiro atoms.